The van der Waals surface area contributed by atoms with Crippen LogP contribution >= 0.6 is 0 Å². The summed E-state index contributed by atoms with van der Waals surface area (Å²) in [5.41, 5.74) is 18.4. The maximum atomic E-state index is 2.69. The van der Waals surface area contributed by atoms with Crippen molar-refractivity contribution in [3.05, 3.63) is 230 Å². The number of benzene rings is 12. The lowest BCUT2D eigenvalue weighted by Gasteiger charge is -2.42. The Labute approximate surface area is 446 Å². The highest BCUT2D eigenvalue weighted by Crippen LogP contribution is 2.65. The van der Waals surface area contributed by atoms with Gasteiger partial charge in [-0.05, 0) is 210 Å². The third kappa shape index (κ3) is 5.72. The molecule has 4 atom stereocenters. The Morgan fingerprint density at radius 2 is 0.684 bits per heavy atom. The molecule has 2 heterocycles. The first-order chi connectivity index (χ1) is 37.2. The van der Waals surface area contributed by atoms with E-state index in [1.165, 1.54) is 171 Å². The standard InChI is InChI=1S/C74H60N2/c1-71-39-17-41-73(71,3)75(51-23-7-5-8-24-51)67-37-31-49(43-65(67)71)61-45-63(55-29-15-21-47-19-11-13-27-53(47)55)59-36-34-58-62(46-64(60-35-33-57(61)69(59)70(58)60)56-30-16-22-48-20-12-14-28-54(48)56)50-32-38-68-66(44-50)72(2)40-18-42-74(72,4)76(68)52-25-9-6-10-26-52/h5-16,19-38,43-46H,17-18,39-42H2,1-4H3. The van der Waals surface area contributed by atoms with E-state index in [-0.39, 0.29) is 21.9 Å². The minimum atomic E-state index is -0.0221. The molecule has 12 aromatic rings. The van der Waals surface area contributed by atoms with Crippen LogP contribution in [0.5, 0.6) is 0 Å². The van der Waals surface area contributed by atoms with Crippen LogP contribution in [0.15, 0.2) is 218 Å². The van der Waals surface area contributed by atoms with Crippen molar-refractivity contribution in [3.8, 4) is 44.5 Å². The van der Waals surface area contributed by atoms with Gasteiger partial charge in [-0.2, -0.15) is 0 Å². The van der Waals surface area contributed by atoms with Crippen molar-refractivity contribution in [2.75, 3.05) is 9.80 Å². The van der Waals surface area contributed by atoms with E-state index >= 15 is 0 Å². The van der Waals surface area contributed by atoms with Gasteiger partial charge in [0.25, 0.3) is 0 Å². The molecule has 0 N–H and O–H groups in total. The average molecular weight is 977 g/mol. The van der Waals surface area contributed by atoms with E-state index in [4.69, 9.17) is 0 Å². The summed E-state index contributed by atoms with van der Waals surface area (Å²) in [6.07, 6.45) is 7.13. The van der Waals surface area contributed by atoms with Gasteiger partial charge in [-0.25, -0.2) is 0 Å². The lowest BCUT2D eigenvalue weighted by molar-refractivity contribution is 0.330. The molecule has 366 valence electrons. The fourth-order valence-electron chi connectivity index (χ4n) is 16.3. The average Bonchev–Trinajstić information content (AvgIpc) is 4.15. The van der Waals surface area contributed by atoms with E-state index in [0.717, 1.165) is 0 Å². The number of nitrogens with zero attached hydrogens (tertiary/aromatic N) is 2. The van der Waals surface area contributed by atoms with E-state index in [9.17, 15) is 0 Å². The molecular weight excluding hydrogens is 917 g/mol. The fraction of sp³-hybridized carbons (Fsp3) is 0.189. The van der Waals surface area contributed by atoms with Crippen molar-refractivity contribution in [2.45, 2.75) is 88.1 Å². The Morgan fingerprint density at radius 1 is 0.303 bits per heavy atom. The molecule has 2 aliphatic carbocycles. The van der Waals surface area contributed by atoms with Crippen LogP contribution in [0, 0.1) is 0 Å². The lowest BCUT2D eigenvalue weighted by atomic mass is 9.71. The third-order valence-corrected chi connectivity index (χ3v) is 20.4. The molecule has 16 rings (SSSR count). The molecule has 0 bridgehead atoms. The van der Waals surface area contributed by atoms with Crippen molar-refractivity contribution in [1.82, 2.24) is 0 Å². The largest absolute Gasteiger partial charge is 0.334 e. The summed E-state index contributed by atoms with van der Waals surface area (Å²) in [4.78, 5) is 5.37. The quantitative estimate of drug-likeness (QED) is 0.153. The third-order valence-electron chi connectivity index (χ3n) is 20.4. The first kappa shape index (κ1) is 44.1. The molecule has 0 aromatic heterocycles. The van der Waals surface area contributed by atoms with Crippen LogP contribution in [0.2, 0.25) is 0 Å². The van der Waals surface area contributed by atoms with E-state index < -0.39 is 0 Å². The normalized spacial score (nSPS) is 22.6. The zero-order valence-electron chi connectivity index (χ0n) is 43.9. The Bertz CT molecular complexity index is 4090. The number of rotatable bonds is 6. The lowest BCUT2D eigenvalue weighted by Crippen LogP contribution is -2.48. The summed E-state index contributed by atoms with van der Waals surface area (Å²) in [6, 6.07) is 84.0. The minimum absolute atomic E-state index is 0.000314. The van der Waals surface area contributed by atoms with Crippen molar-refractivity contribution >= 4 is 76.6 Å². The predicted octanol–water partition coefficient (Wildman–Crippen LogP) is 20.3. The van der Waals surface area contributed by atoms with Crippen LogP contribution in [-0.4, -0.2) is 11.1 Å². The molecule has 0 saturated heterocycles. The topological polar surface area (TPSA) is 6.48 Å². The summed E-state index contributed by atoms with van der Waals surface area (Å²) in [5.74, 6) is 0. The molecule has 12 aromatic carbocycles. The molecule has 2 fully saturated rings. The summed E-state index contributed by atoms with van der Waals surface area (Å²) in [6.45, 7) is 10.2. The monoisotopic (exact) mass is 976 g/mol. The maximum absolute atomic E-state index is 2.69. The first-order valence-electron chi connectivity index (χ1n) is 27.9. The Kier molecular flexibility index (Phi) is 9.11. The second-order valence-electron chi connectivity index (χ2n) is 23.8. The summed E-state index contributed by atoms with van der Waals surface area (Å²) >= 11 is 0. The number of hydrogen-bond acceptors (Lipinski definition) is 2. The zero-order chi connectivity index (χ0) is 50.7. The highest BCUT2D eigenvalue weighted by molar-refractivity contribution is 6.33. The molecule has 76 heavy (non-hydrogen) atoms. The van der Waals surface area contributed by atoms with Gasteiger partial charge in [-0.3, -0.25) is 0 Å². The van der Waals surface area contributed by atoms with Crippen molar-refractivity contribution in [2.24, 2.45) is 0 Å². The van der Waals surface area contributed by atoms with Gasteiger partial charge in [0.1, 0.15) is 0 Å². The Hall–Kier alpha value is -8.20. The van der Waals surface area contributed by atoms with E-state index in [0.29, 0.717) is 0 Å². The summed E-state index contributed by atoms with van der Waals surface area (Å²) < 4.78 is 0. The fourth-order valence-corrected chi connectivity index (χ4v) is 16.3. The van der Waals surface area contributed by atoms with Crippen LogP contribution in [0.4, 0.5) is 22.7 Å². The molecule has 2 aliphatic heterocycles. The molecule has 2 heteroatoms. The van der Waals surface area contributed by atoms with Gasteiger partial charge in [0.2, 0.25) is 0 Å². The van der Waals surface area contributed by atoms with Crippen LogP contribution in [0.25, 0.3) is 98.4 Å². The Balaban J connectivity index is 1.01. The van der Waals surface area contributed by atoms with Crippen LogP contribution in [-0.2, 0) is 10.8 Å². The zero-order valence-corrected chi connectivity index (χ0v) is 43.9. The number of fused-ring (bicyclic) bond motifs is 8. The molecule has 0 radical (unpaired) electrons. The molecule has 2 saturated carbocycles. The highest BCUT2D eigenvalue weighted by atomic mass is 15.3. The number of para-hydroxylation sites is 2. The number of anilines is 4. The Morgan fingerprint density at radius 3 is 1.12 bits per heavy atom. The van der Waals surface area contributed by atoms with E-state index in [1.54, 1.807) is 0 Å². The number of hydrogen-bond donors (Lipinski definition) is 0. The molecule has 2 nitrogen and oxygen atoms in total. The van der Waals surface area contributed by atoms with Crippen LogP contribution < -0.4 is 9.80 Å². The molecule has 4 unspecified atom stereocenters. The first-order valence-corrected chi connectivity index (χ1v) is 27.9. The van der Waals surface area contributed by atoms with Crippen LogP contribution in [0.3, 0.4) is 0 Å². The second kappa shape index (κ2) is 15.7. The van der Waals surface area contributed by atoms with Crippen molar-refractivity contribution in [3.63, 3.8) is 0 Å². The summed E-state index contributed by atoms with van der Waals surface area (Å²) in [5, 5.41) is 12.9. The van der Waals surface area contributed by atoms with Gasteiger partial charge in [0, 0.05) is 33.6 Å². The maximum Gasteiger partial charge on any atom is 0.0517 e. The molecular formula is C74H60N2. The van der Waals surface area contributed by atoms with E-state index in [2.05, 4.69) is 256 Å². The molecule has 0 amide bonds. The minimum Gasteiger partial charge on any atom is -0.334 e. The van der Waals surface area contributed by atoms with E-state index in [1.807, 2.05) is 0 Å². The van der Waals surface area contributed by atoms with Crippen molar-refractivity contribution < 1.29 is 0 Å². The molecule has 4 aliphatic rings. The van der Waals surface area contributed by atoms with Gasteiger partial charge >= 0.3 is 0 Å². The predicted molar refractivity (Wildman–Crippen MR) is 323 cm³/mol. The second-order valence-corrected chi connectivity index (χ2v) is 23.8. The highest BCUT2D eigenvalue weighted by Gasteiger charge is 2.60. The van der Waals surface area contributed by atoms with Crippen molar-refractivity contribution in [1.29, 1.82) is 0 Å². The van der Waals surface area contributed by atoms with Gasteiger partial charge in [0.05, 0.1) is 11.1 Å². The van der Waals surface area contributed by atoms with Gasteiger partial charge in [-0.15, -0.1) is 0 Å². The summed E-state index contributed by atoms with van der Waals surface area (Å²) in [7, 11) is 0. The van der Waals surface area contributed by atoms with Gasteiger partial charge < -0.3 is 9.80 Å². The smallest absolute Gasteiger partial charge is 0.0517 e. The van der Waals surface area contributed by atoms with Crippen LogP contribution in [0.1, 0.15) is 77.3 Å². The molecule has 0 spiro atoms. The van der Waals surface area contributed by atoms with Gasteiger partial charge in [0.15, 0.2) is 0 Å². The SMILES string of the molecule is CC12CCCC1(C)N(c1ccccc1)c1ccc(-c3cc(-c4cccc5ccccc45)c4ccc5c(-c6ccc7c(c6)C6(C)CCCC6(C)N7c6ccccc6)cc(-c6cccc7ccccc67)c6ccc3c4c56)cc12. The van der Waals surface area contributed by atoms with Gasteiger partial charge in [-0.1, -0.05) is 184 Å².